The molecule has 2 heteroatoms. The number of nitrogens with zero attached hydrogens (tertiary/aromatic N) is 2. The minimum Gasteiger partial charge on any atom is -0.342 e. The van der Waals surface area contributed by atoms with E-state index in [1.807, 2.05) is 0 Å². The Morgan fingerprint density at radius 1 is 0.500 bits per heavy atom. The fourth-order valence-corrected chi connectivity index (χ4v) is 6.43. The number of hydrogen-bond donors (Lipinski definition) is 0. The molecular formula is C36H26N2. The zero-order valence-corrected chi connectivity index (χ0v) is 21.4. The number of benzene rings is 6. The minimum atomic E-state index is 1.18. The Labute approximate surface area is 221 Å². The van der Waals surface area contributed by atoms with Gasteiger partial charge in [0.1, 0.15) is 0 Å². The van der Waals surface area contributed by atoms with Gasteiger partial charge in [-0.2, -0.15) is 0 Å². The number of para-hydroxylation sites is 1. The molecule has 2 heterocycles. The average Bonchev–Trinajstić information content (AvgIpc) is 3.44. The second kappa shape index (κ2) is 7.84. The smallest absolute Gasteiger partial charge is 0.0785 e. The summed E-state index contributed by atoms with van der Waals surface area (Å²) < 4.78 is 4.84. The maximum absolute atomic E-state index is 2.48. The fraction of sp³-hybridized carbons (Fsp3) is 0.0556. The first-order chi connectivity index (χ1) is 18.7. The van der Waals surface area contributed by atoms with Crippen LogP contribution in [-0.2, 0) is 7.05 Å². The number of rotatable bonds is 2. The molecule has 180 valence electrons. The Morgan fingerprint density at radius 3 is 2.08 bits per heavy atom. The highest BCUT2D eigenvalue weighted by Crippen LogP contribution is 2.41. The lowest BCUT2D eigenvalue weighted by Crippen LogP contribution is -1.97. The SMILES string of the molecule is Cc1ccc2c3ccc4c5ccccc5n(C)c4c3n(-c3cccc(-c4cccc5ccccc45)c3)c2c1. The van der Waals surface area contributed by atoms with Crippen LogP contribution in [-0.4, -0.2) is 9.13 Å². The van der Waals surface area contributed by atoms with E-state index in [1.165, 1.54) is 76.8 Å². The second-order valence-electron chi connectivity index (χ2n) is 10.4. The van der Waals surface area contributed by atoms with Crippen LogP contribution in [0.5, 0.6) is 0 Å². The molecule has 2 nitrogen and oxygen atoms in total. The standard InChI is InChI=1S/C36H26N2/c1-23-17-18-30-32-20-19-31-29-14-5-6-16-33(29)37(2)35(31)36(32)38(34(30)21-23)26-12-7-11-25(22-26)28-15-8-10-24-9-3-4-13-27(24)28/h3-22H,1-2H3. The molecule has 0 unspecified atom stereocenters. The molecule has 38 heavy (non-hydrogen) atoms. The van der Waals surface area contributed by atoms with Crippen molar-refractivity contribution in [1.29, 1.82) is 0 Å². The highest BCUT2D eigenvalue weighted by atomic mass is 15.0. The van der Waals surface area contributed by atoms with Gasteiger partial charge in [-0.1, -0.05) is 97.1 Å². The molecule has 0 fully saturated rings. The van der Waals surface area contributed by atoms with Crippen LogP contribution in [0.4, 0.5) is 0 Å². The summed E-state index contributed by atoms with van der Waals surface area (Å²) in [4.78, 5) is 0. The Balaban J connectivity index is 1.51. The zero-order chi connectivity index (χ0) is 25.4. The molecule has 0 N–H and O–H groups in total. The van der Waals surface area contributed by atoms with Gasteiger partial charge in [0.05, 0.1) is 16.6 Å². The second-order valence-corrected chi connectivity index (χ2v) is 10.4. The zero-order valence-electron chi connectivity index (χ0n) is 21.4. The molecule has 0 amide bonds. The predicted molar refractivity (Wildman–Crippen MR) is 162 cm³/mol. The summed E-state index contributed by atoms with van der Waals surface area (Å²) >= 11 is 0. The van der Waals surface area contributed by atoms with Crippen LogP contribution in [0, 0.1) is 6.92 Å². The van der Waals surface area contributed by atoms with Gasteiger partial charge in [0.25, 0.3) is 0 Å². The first-order valence-corrected chi connectivity index (χ1v) is 13.2. The molecule has 0 atom stereocenters. The van der Waals surface area contributed by atoms with Gasteiger partial charge in [-0.3, -0.25) is 0 Å². The first kappa shape index (κ1) is 21.3. The Bertz CT molecular complexity index is 2200. The normalized spacial score (nSPS) is 11.9. The van der Waals surface area contributed by atoms with E-state index in [0.717, 1.165) is 0 Å². The lowest BCUT2D eigenvalue weighted by Gasteiger charge is -2.13. The molecule has 8 aromatic rings. The van der Waals surface area contributed by atoms with Crippen LogP contribution in [0.2, 0.25) is 0 Å². The van der Waals surface area contributed by atoms with E-state index in [4.69, 9.17) is 0 Å². The van der Waals surface area contributed by atoms with E-state index >= 15 is 0 Å². The van der Waals surface area contributed by atoms with E-state index < -0.39 is 0 Å². The Morgan fingerprint density at radius 2 is 1.18 bits per heavy atom. The third-order valence-electron chi connectivity index (χ3n) is 8.16. The molecule has 0 bridgehead atoms. The highest BCUT2D eigenvalue weighted by Gasteiger charge is 2.19. The fourth-order valence-electron chi connectivity index (χ4n) is 6.43. The summed E-state index contributed by atoms with van der Waals surface area (Å²) in [7, 11) is 2.20. The van der Waals surface area contributed by atoms with Crippen LogP contribution in [0.3, 0.4) is 0 Å². The van der Waals surface area contributed by atoms with Crippen molar-refractivity contribution in [3.8, 4) is 16.8 Å². The van der Waals surface area contributed by atoms with Gasteiger partial charge in [0.15, 0.2) is 0 Å². The van der Waals surface area contributed by atoms with Crippen molar-refractivity contribution >= 4 is 54.4 Å². The lowest BCUT2D eigenvalue weighted by atomic mass is 9.98. The van der Waals surface area contributed by atoms with Crippen LogP contribution in [0.15, 0.2) is 121 Å². The molecule has 0 spiro atoms. The summed E-state index contributed by atoms with van der Waals surface area (Å²) in [5.74, 6) is 0. The molecule has 0 aliphatic carbocycles. The van der Waals surface area contributed by atoms with Crippen molar-refractivity contribution in [3.05, 3.63) is 127 Å². The molecule has 0 aliphatic rings. The molecule has 2 aromatic heterocycles. The van der Waals surface area contributed by atoms with Crippen molar-refractivity contribution in [2.75, 3.05) is 0 Å². The van der Waals surface area contributed by atoms with E-state index in [9.17, 15) is 0 Å². The molecule has 8 rings (SSSR count). The Hall–Kier alpha value is -4.82. The third kappa shape index (κ3) is 2.89. The topological polar surface area (TPSA) is 9.86 Å². The molecule has 0 saturated heterocycles. The molecule has 0 radical (unpaired) electrons. The van der Waals surface area contributed by atoms with Gasteiger partial charge in [-0.05, 0) is 58.7 Å². The van der Waals surface area contributed by atoms with Crippen molar-refractivity contribution in [2.45, 2.75) is 6.92 Å². The van der Waals surface area contributed by atoms with Gasteiger partial charge >= 0.3 is 0 Å². The maximum Gasteiger partial charge on any atom is 0.0785 e. The van der Waals surface area contributed by atoms with Crippen molar-refractivity contribution in [2.24, 2.45) is 7.05 Å². The van der Waals surface area contributed by atoms with Gasteiger partial charge in [-0.15, -0.1) is 0 Å². The van der Waals surface area contributed by atoms with E-state index in [-0.39, 0.29) is 0 Å². The maximum atomic E-state index is 2.48. The van der Waals surface area contributed by atoms with E-state index in [2.05, 4.69) is 144 Å². The van der Waals surface area contributed by atoms with Gasteiger partial charge < -0.3 is 9.13 Å². The molecule has 0 saturated carbocycles. The summed E-state index contributed by atoms with van der Waals surface area (Å²) in [6.45, 7) is 2.18. The number of aromatic nitrogens is 2. The van der Waals surface area contributed by atoms with Crippen molar-refractivity contribution in [1.82, 2.24) is 9.13 Å². The van der Waals surface area contributed by atoms with Crippen LogP contribution in [0.1, 0.15) is 5.56 Å². The quantitative estimate of drug-likeness (QED) is 0.230. The van der Waals surface area contributed by atoms with Crippen LogP contribution in [0.25, 0.3) is 71.2 Å². The monoisotopic (exact) mass is 486 g/mol. The van der Waals surface area contributed by atoms with E-state index in [1.54, 1.807) is 0 Å². The van der Waals surface area contributed by atoms with Crippen LogP contribution >= 0.6 is 0 Å². The van der Waals surface area contributed by atoms with Gasteiger partial charge in [0.2, 0.25) is 0 Å². The summed E-state index contributed by atoms with van der Waals surface area (Å²) in [6.07, 6.45) is 0. The van der Waals surface area contributed by atoms with Crippen molar-refractivity contribution in [3.63, 3.8) is 0 Å². The summed E-state index contributed by atoms with van der Waals surface area (Å²) in [6, 6.07) is 44.4. The minimum absolute atomic E-state index is 1.18. The molecule has 0 aliphatic heterocycles. The van der Waals surface area contributed by atoms with Gasteiger partial charge in [-0.25, -0.2) is 0 Å². The molecule has 6 aromatic carbocycles. The summed E-state index contributed by atoms with van der Waals surface area (Å²) in [5.41, 5.74) is 9.96. The average molecular weight is 487 g/mol. The van der Waals surface area contributed by atoms with E-state index in [0.29, 0.717) is 0 Å². The lowest BCUT2D eigenvalue weighted by molar-refractivity contribution is 1.01. The largest absolute Gasteiger partial charge is 0.342 e. The number of fused-ring (bicyclic) bond motifs is 8. The number of aryl methyl sites for hydroxylation is 2. The first-order valence-electron chi connectivity index (χ1n) is 13.2. The Kier molecular flexibility index (Phi) is 4.39. The van der Waals surface area contributed by atoms with Crippen LogP contribution < -0.4 is 0 Å². The highest BCUT2D eigenvalue weighted by molar-refractivity contribution is 6.23. The van der Waals surface area contributed by atoms with Gasteiger partial charge in [0, 0.05) is 39.8 Å². The summed E-state index contributed by atoms with van der Waals surface area (Å²) in [5, 5.41) is 7.70. The number of hydrogen-bond acceptors (Lipinski definition) is 0. The third-order valence-corrected chi connectivity index (χ3v) is 8.16. The predicted octanol–water partition coefficient (Wildman–Crippen LogP) is 9.56. The molecular weight excluding hydrogens is 460 g/mol. The van der Waals surface area contributed by atoms with Crippen molar-refractivity contribution < 1.29 is 0 Å².